The number of carboxylic acids is 1. The van der Waals surface area contributed by atoms with Crippen LogP contribution in [0.25, 0.3) is 10.9 Å². The van der Waals surface area contributed by atoms with Crippen molar-refractivity contribution in [3.05, 3.63) is 71.4 Å². The number of halogens is 4. The largest absolute Gasteiger partial charge is 0.497 e. The number of ether oxygens (including phenoxy) is 1. The van der Waals surface area contributed by atoms with E-state index in [4.69, 9.17) is 4.74 Å². The van der Waals surface area contributed by atoms with Crippen LogP contribution in [0, 0.1) is 11.8 Å². The lowest BCUT2D eigenvalue weighted by molar-refractivity contribution is -0.215. The van der Waals surface area contributed by atoms with Crippen LogP contribution in [0.4, 0.5) is 17.6 Å². The lowest BCUT2D eigenvalue weighted by Gasteiger charge is -2.46. The minimum absolute atomic E-state index is 0.0926. The highest BCUT2D eigenvalue weighted by molar-refractivity contribution is 5.83. The van der Waals surface area contributed by atoms with E-state index in [-0.39, 0.29) is 31.8 Å². The van der Waals surface area contributed by atoms with Crippen LogP contribution in [0.2, 0.25) is 0 Å². The van der Waals surface area contributed by atoms with Gasteiger partial charge in [0.25, 0.3) is 0 Å². The van der Waals surface area contributed by atoms with E-state index in [1.54, 1.807) is 48.7 Å². The van der Waals surface area contributed by atoms with Gasteiger partial charge in [-0.15, -0.1) is 0 Å². The molecule has 2 aromatic carbocycles. The summed E-state index contributed by atoms with van der Waals surface area (Å²) < 4.78 is 62.1. The first-order chi connectivity index (χ1) is 20.0. The molecule has 1 saturated heterocycles. The van der Waals surface area contributed by atoms with Crippen LogP contribution in [0.1, 0.15) is 67.7 Å². The molecule has 0 aliphatic carbocycles. The Labute approximate surface area is 243 Å². The first-order valence-corrected chi connectivity index (χ1v) is 14.3. The molecule has 1 aliphatic rings. The van der Waals surface area contributed by atoms with Crippen molar-refractivity contribution in [1.29, 1.82) is 0 Å². The Balaban J connectivity index is 1.50. The number of aliphatic hydroxyl groups is 1. The van der Waals surface area contributed by atoms with E-state index in [1.807, 2.05) is 13.0 Å². The molecule has 1 aromatic heterocycles. The zero-order valence-corrected chi connectivity index (χ0v) is 23.9. The predicted octanol–water partition coefficient (Wildman–Crippen LogP) is 7.06. The average Bonchev–Trinajstić information content (AvgIpc) is 2.97. The van der Waals surface area contributed by atoms with Crippen molar-refractivity contribution in [3.8, 4) is 5.75 Å². The minimum atomic E-state index is -4.62. The molecule has 1 aliphatic heterocycles. The van der Waals surface area contributed by atoms with Crippen LogP contribution >= 0.6 is 0 Å². The molecular formula is C32H38F4N2O4. The number of rotatable bonds is 12. The van der Waals surface area contributed by atoms with Gasteiger partial charge in [0.15, 0.2) is 0 Å². The lowest BCUT2D eigenvalue weighted by Crippen LogP contribution is -2.57. The lowest BCUT2D eigenvalue weighted by atomic mass is 9.74. The number of carboxylic acid groups (broad SMARTS) is 1. The molecule has 6 nitrogen and oxygen atoms in total. The zero-order valence-electron chi connectivity index (χ0n) is 23.9. The summed E-state index contributed by atoms with van der Waals surface area (Å²) in [5.41, 5.74) is 2.65. The maximum Gasteiger partial charge on any atom is 0.404 e. The Morgan fingerprint density at radius 1 is 1.17 bits per heavy atom. The van der Waals surface area contributed by atoms with Gasteiger partial charge in [0.2, 0.25) is 0 Å². The molecule has 3 aromatic rings. The quantitative estimate of drug-likeness (QED) is 0.220. The molecule has 2 heterocycles. The van der Waals surface area contributed by atoms with E-state index in [1.165, 1.54) is 12.0 Å². The van der Waals surface area contributed by atoms with Crippen LogP contribution in [0.15, 0.2) is 54.7 Å². The zero-order chi connectivity index (χ0) is 30.4. The molecule has 0 amide bonds. The summed E-state index contributed by atoms with van der Waals surface area (Å²) in [7, 11) is 1.53. The van der Waals surface area contributed by atoms with Crippen molar-refractivity contribution in [3.63, 3.8) is 0 Å². The molecule has 5 atom stereocenters. The Morgan fingerprint density at radius 2 is 1.95 bits per heavy atom. The standard InChI is InChI=1S/C32H38F4N2O4/c1-20(23-5-3-4-21(16-23)19-33)11-14-38-15-12-22(26(18-30(40)41)31(38)32(34,35)36)6-9-29(39)25-10-13-37-28-8-7-24(42-2)17-27(25)28/h3-5,7-8,10,13,16-17,20,22,26,29,31,39H,6,9,11-12,14-15,18-19H2,1-2H3,(H,40,41)/t20?,22-,26-,29?,31?/m1/s1. The van der Waals surface area contributed by atoms with Gasteiger partial charge in [-0.2, -0.15) is 13.2 Å². The fraction of sp³-hybridized carbons (Fsp3) is 0.500. The van der Waals surface area contributed by atoms with Crippen LogP contribution in [-0.4, -0.2) is 58.5 Å². The molecule has 10 heteroatoms. The van der Waals surface area contributed by atoms with Crippen molar-refractivity contribution in [2.45, 2.75) is 69.9 Å². The summed E-state index contributed by atoms with van der Waals surface area (Å²) in [5.74, 6) is -2.45. The van der Waals surface area contributed by atoms with Gasteiger partial charge < -0.3 is 14.9 Å². The smallest absolute Gasteiger partial charge is 0.404 e. The number of aromatic nitrogens is 1. The van der Waals surface area contributed by atoms with Gasteiger partial charge in [0.1, 0.15) is 18.5 Å². The highest BCUT2D eigenvalue weighted by Crippen LogP contribution is 2.43. The van der Waals surface area contributed by atoms with E-state index in [0.29, 0.717) is 40.6 Å². The Hall–Kier alpha value is -3.24. The normalized spacial score (nSPS) is 21.3. The highest BCUT2D eigenvalue weighted by Gasteiger charge is 2.52. The first-order valence-electron chi connectivity index (χ1n) is 14.3. The molecule has 228 valence electrons. The molecular weight excluding hydrogens is 552 g/mol. The third-order valence-electron chi connectivity index (χ3n) is 8.61. The second-order valence-corrected chi connectivity index (χ2v) is 11.3. The maximum absolute atomic E-state index is 14.6. The topological polar surface area (TPSA) is 82.9 Å². The number of hydrogen-bond acceptors (Lipinski definition) is 5. The second kappa shape index (κ2) is 13.8. The summed E-state index contributed by atoms with van der Waals surface area (Å²) in [6.07, 6.45) is -3.36. The predicted molar refractivity (Wildman–Crippen MR) is 152 cm³/mol. The fourth-order valence-corrected chi connectivity index (χ4v) is 6.35. The van der Waals surface area contributed by atoms with E-state index >= 15 is 0 Å². The molecule has 0 radical (unpaired) electrons. The third kappa shape index (κ3) is 7.58. The number of likely N-dealkylation sites (tertiary alicyclic amines) is 1. The van der Waals surface area contributed by atoms with Crippen molar-refractivity contribution in [2.75, 3.05) is 20.2 Å². The summed E-state index contributed by atoms with van der Waals surface area (Å²) in [6, 6.07) is 12.1. The van der Waals surface area contributed by atoms with Gasteiger partial charge in [-0.3, -0.25) is 14.7 Å². The van der Waals surface area contributed by atoms with E-state index in [9.17, 15) is 32.6 Å². The molecule has 0 bridgehead atoms. The number of methoxy groups -OCH3 is 1. The van der Waals surface area contributed by atoms with Crippen molar-refractivity contribution < 1.29 is 37.3 Å². The van der Waals surface area contributed by atoms with Gasteiger partial charge in [0, 0.05) is 11.6 Å². The molecule has 42 heavy (non-hydrogen) atoms. The number of fused-ring (bicyclic) bond motifs is 1. The molecule has 0 saturated carbocycles. The van der Waals surface area contributed by atoms with Crippen molar-refractivity contribution in [2.24, 2.45) is 11.8 Å². The van der Waals surface area contributed by atoms with Crippen LogP contribution < -0.4 is 4.74 Å². The van der Waals surface area contributed by atoms with Gasteiger partial charge in [-0.05, 0) is 97.5 Å². The van der Waals surface area contributed by atoms with Gasteiger partial charge >= 0.3 is 12.1 Å². The summed E-state index contributed by atoms with van der Waals surface area (Å²) in [4.78, 5) is 17.5. The number of aliphatic hydroxyl groups excluding tert-OH is 1. The SMILES string of the molecule is COc1ccc2nccc(C(O)CC[C@@H]3CCN(CCC(C)c4cccc(CF)c4)C(C(F)(F)F)[C@@H]3CC(=O)O)c2c1. The first kappa shape index (κ1) is 31.7. The molecule has 3 unspecified atom stereocenters. The summed E-state index contributed by atoms with van der Waals surface area (Å²) >= 11 is 0. The Bertz CT molecular complexity index is 1350. The third-order valence-corrected chi connectivity index (χ3v) is 8.61. The number of carbonyl (C=O) groups is 1. The van der Waals surface area contributed by atoms with Gasteiger partial charge in [-0.1, -0.05) is 31.2 Å². The fourth-order valence-electron chi connectivity index (χ4n) is 6.35. The Morgan fingerprint density at radius 3 is 2.64 bits per heavy atom. The number of alkyl halides is 4. The van der Waals surface area contributed by atoms with Crippen LogP contribution in [0.3, 0.4) is 0 Å². The van der Waals surface area contributed by atoms with E-state index < -0.39 is 49.2 Å². The number of piperidine rings is 1. The second-order valence-electron chi connectivity index (χ2n) is 11.3. The molecule has 2 N–H and O–H groups in total. The maximum atomic E-state index is 14.6. The average molecular weight is 591 g/mol. The number of nitrogens with zero attached hydrogens (tertiary/aromatic N) is 2. The number of pyridine rings is 1. The van der Waals surface area contributed by atoms with Crippen LogP contribution in [0.5, 0.6) is 5.75 Å². The monoisotopic (exact) mass is 590 g/mol. The van der Waals surface area contributed by atoms with Crippen LogP contribution in [-0.2, 0) is 11.5 Å². The number of benzene rings is 2. The summed E-state index contributed by atoms with van der Waals surface area (Å²) in [6.45, 7) is 1.61. The Kier molecular flexibility index (Phi) is 10.4. The van der Waals surface area contributed by atoms with E-state index in [0.717, 1.165) is 5.56 Å². The van der Waals surface area contributed by atoms with E-state index in [2.05, 4.69) is 4.98 Å². The number of hydrogen-bond donors (Lipinski definition) is 2. The highest BCUT2D eigenvalue weighted by atomic mass is 19.4. The number of aliphatic carboxylic acids is 1. The molecule has 0 spiro atoms. The van der Waals surface area contributed by atoms with Gasteiger partial charge in [-0.25, -0.2) is 4.39 Å². The summed E-state index contributed by atoms with van der Waals surface area (Å²) in [5, 5.41) is 21.4. The van der Waals surface area contributed by atoms with Gasteiger partial charge in [0.05, 0.1) is 25.2 Å². The van der Waals surface area contributed by atoms with Crippen molar-refractivity contribution >= 4 is 16.9 Å². The molecule has 4 rings (SSSR count). The molecule has 1 fully saturated rings. The van der Waals surface area contributed by atoms with Crippen molar-refractivity contribution in [1.82, 2.24) is 9.88 Å². The minimum Gasteiger partial charge on any atom is -0.497 e.